The topological polar surface area (TPSA) is 81.7 Å². The molecule has 0 aliphatic carbocycles. The molecule has 1 amide bonds. The van der Waals surface area contributed by atoms with Crippen LogP contribution in [0.1, 0.15) is 39.4 Å². The van der Waals surface area contributed by atoms with Crippen LogP contribution in [0.2, 0.25) is 0 Å². The van der Waals surface area contributed by atoms with Gasteiger partial charge in [0.2, 0.25) is 5.91 Å². The zero-order valence-electron chi connectivity index (χ0n) is 13.3. The Morgan fingerprint density at radius 1 is 1.08 bits per heavy atom. The van der Waals surface area contributed by atoms with Crippen molar-refractivity contribution < 1.29 is 23.9 Å². The molecule has 2 aromatic rings. The number of carbonyl (C=O) groups excluding carboxylic acids is 3. The summed E-state index contributed by atoms with van der Waals surface area (Å²) < 4.78 is 9.94. The average Bonchev–Trinajstić information content (AvgIpc) is 3.17. The molecular weight excluding hydrogens is 350 g/mol. The van der Waals surface area contributed by atoms with Gasteiger partial charge in [0.1, 0.15) is 10.6 Å². The van der Waals surface area contributed by atoms with Crippen LogP contribution in [-0.4, -0.2) is 31.1 Å². The Morgan fingerprint density at radius 2 is 1.79 bits per heavy atom. The van der Waals surface area contributed by atoms with Crippen molar-refractivity contribution in [3.63, 3.8) is 0 Å². The predicted molar refractivity (Wildman–Crippen MR) is 92.9 cm³/mol. The minimum Gasteiger partial charge on any atom is -0.462 e. The van der Waals surface area contributed by atoms with E-state index in [9.17, 15) is 14.4 Å². The normalized spacial score (nSPS) is 10.2. The molecule has 8 heteroatoms. The van der Waals surface area contributed by atoms with E-state index in [1.54, 1.807) is 13.8 Å². The van der Waals surface area contributed by atoms with Crippen molar-refractivity contribution in [3.05, 3.63) is 38.9 Å². The minimum absolute atomic E-state index is 0.0415. The van der Waals surface area contributed by atoms with E-state index >= 15 is 0 Å². The molecule has 2 aromatic heterocycles. The van der Waals surface area contributed by atoms with E-state index in [-0.39, 0.29) is 41.7 Å². The van der Waals surface area contributed by atoms with Gasteiger partial charge in [-0.25, -0.2) is 9.59 Å². The number of hydrogen-bond acceptors (Lipinski definition) is 7. The first kappa shape index (κ1) is 18.2. The summed E-state index contributed by atoms with van der Waals surface area (Å²) in [5.74, 6) is -1.54. The van der Waals surface area contributed by atoms with Crippen molar-refractivity contribution in [2.45, 2.75) is 20.3 Å². The maximum absolute atomic E-state index is 12.2. The van der Waals surface area contributed by atoms with E-state index in [0.717, 1.165) is 16.2 Å². The second-order valence-corrected chi connectivity index (χ2v) is 6.51. The van der Waals surface area contributed by atoms with Crippen LogP contribution in [0.15, 0.2) is 22.9 Å². The van der Waals surface area contributed by atoms with Gasteiger partial charge in [-0.1, -0.05) is 6.07 Å². The van der Waals surface area contributed by atoms with Gasteiger partial charge in [-0.05, 0) is 25.3 Å². The van der Waals surface area contributed by atoms with Gasteiger partial charge < -0.3 is 14.8 Å². The number of ether oxygens (including phenoxy) is 2. The monoisotopic (exact) mass is 367 g/mol. The Balaban J connectivity index is 2.23. The van der Waals surface area contributed by atoms with Crippen molar-refractivity contribution in [2.24, 2.45) is 0 Å². The number of nitrogens with one attached hydrogen (secondary N) is 1. The number of esters is 2. The highest BCUT2D eigenvalue weighted by Crippen LogP contribution is 2.30. The third-order valence-electron chi connectivity index (χ3n) is 2.93. The molecule has 0 spiro atoms. The summed E-state index contributed by atoms with van der Waals surface area (Å²) in [7, 11) is 0. The lowest BCUT2D eigenvalue weighted by atomic mass is 10.2. The van der Waals surface area contributed by atoms with Crippen LogP contribution in [0, 0.1) is 0 Å². The van der Waals surface area contributed by atoms with Gasteiger partial charge in [-0.2, -0.15) is 0 Å². The van der Waals surface area contributed by atoms with E-state index < -0.39 is 11.9 Å². The number of rotatable bonds is 7. The molecule has 2 heterocycles. The van der Waals surface area contributed by atoms with Crippen LogP contribution >= 0.6 is 22.7 Å². The second kappa shape index (κ2) is 8.60. The van der Waals surface area contributed by atoms with E-state index in [4.69, 9.17) is 9.47 Å². The summed E-state index contributed by atoms with van der Waals surface area (Å²) in [5.41, 5.74) is 0.145. The lowest BCUT2D eigenvalue weighted by Gasteiger charge is -2.08. The van der Waals surface area contributed by atoms with Gasteiger partial charge in [0.05, 0.1) is 25.2 Å². The fraction of sp³-hybridized carbons (Fsp3) is 0.312. The lowest BCUT2D eigenvalue weighted by molar-refractivity contribution is -0.115. The van der Waals surface area contributed by atoms with Crippen LogP contribution in [0.25, 0.3) is 0 Å². The van der Waals surface area contributed by atoms with E-state index in [0.29, 0.717) is 0 Å². The molecule has 1 N–H and O–H groups in total. The van der Waals surface area contributed by atoms with Crippen molar-refractivity contribution >= 4 is 45.5 Å². The smallest absolute Gasteiger partial charge is 0.342 e. The molecule has 0 radical (unpaired) electrons. The van der Waals surface area contributed by atoms with Crippen molar-refractivity contribution in [1.82, 2.24) is 0 Å². The molecule has 0 unspecified atom stereocenters. The molecule has 6 nitrogen and oxygen atoms in total. The molecule has 128 valence electrons. The highest BCUT2D eigenvalue weighted by molar-refractivity contribution is 7.15. The van der Waals surface area contributed by atoms with Crippen molar-refractivity contribution in [1.29, 1.82) is 0 Å². The van der Waals surface area contributed by atoms with Gasteiger partial charge >= 0.3 is 11.9 Å². The number of carbonyl (C=O) groups is 3. The van der Waals surface area contributed by atoms with Crippen LogP contribution in [-0.2, 0) is 20.7 Å². The largest absolute Gasteiger partial charge is 0.462 e. The summed E-state index contributed by atoms with van der Waals surface area (Å²) in [6, 6.07) is 3.72. The molecule has 0 atom stereocenters. The summed E-state index contributed by atoms with van der Waals surface area (Å²) in [6.07, 6.45) is 0.201. The van der Waals surface area contributed by atoms with Gasteiger partial charge in [0, 0.05) is 10.3 Å². The summed E-state index contributed by atoms with van der Waals surface area (Å²) in [6.45, 7) is 3.71. The fourth-order valence-electron chi connectivity index (χ4n) is 1.96. The molecule has 0 bridgehead atoms. The highest BCUT2D eigenvalue weighted by Gasteiger charge is 2.26. The molecule has 0 saturated carbocycles. The molecule has 0 fully saturated rings. The number of hydrogen-bond donors (Lipinski definition) is 1. The zero-order chi connectivity index (χ0) is 17.5. The van der Waals surface area contributed by atoms with Gasteiger partial charge in [0.15, 0.2) is 0 Å². The minimum atomic E-state index is -0.659. The van der Waals surface area contributed by atoms with Gasteiger partial charge in [-0.15, -0.1) is 22.7 Å². The third-order valence-corrected chi connectivity index (χ3v) is 4.71. The number of amides is 1. The standard InChI is InChI=1S/C16H17NO5S2/c1-3-21-15(19)11-9-24-14(13(11)16(20)22-4-2)17-12(18)8-10-6-5-7-23-10/h5-7,9H,3-4,8H2,1-2H3,(H,17,18). The van der Waals surface area contributed by atoms with Crippen LogP contribution in [0.5, 0.6) is 0 Å². The second-order valence-electron chi connectivity index (χ2n) is 4.60. The summed E-state index contributed by atoms with van der Waals surface area (Å²) >= 11 is 2.57. The summed E-state index contributed by atoms with van der Waals surface area (Å²) in [4.78, 5) is 37.2. The first-order chi connectivity index (χ1) is 11.6. The van der Waals surface area contributed by atoms with Gasteiger partial charge in [0.25, 0.3) is 0 Å². The van der Waals surface area contributed by atoms with E-state index in [1.165, 1.54) is 16.7 Å². The Kier molecular flexibility index (Phi) is 6.51. The number of anilines is 1. The third kappa shape index (κ3) is 4.42. The Morgan fingerprint density at radius 3 is 2.42 bits per heavy atom. The van der Waals surface area contributed by atoms with Gasteiger partial charge in [-0.3, -0.25) is 4.79 Å². The molecule has 0 aliphatic rings. The van der Waals surface area contributed by atoms with E-state index in [1.807, 2.05) is 17.5 Å². The average molecular weight is 367 g/mol. The van der Waals surface area contributed by atoms with Crippen LogP contribution in [0.3, 0.4) is 0 Å². The fourth-order valence-corrected chi connectivity index (χ4v) is 3.59. The maximum atomic E-state index is 12.2. The predicted octanol–water partition coefficient (Wildman–Crippen LogP) is 3.34. The van der Waals surface area contributed by atoms with Crippen LogP contribution < -0.4 is 5.32 Å². The first-order valence-corrected chi connectivity index (χ1v) is 9.10. The number of thiophene rings is 2. The Labute approximate surface area is 147 Å². The maximum Gasteiger partial charge on any atom is 0.342 e. The quantitative estimate of drug-likeness (QED) is 0.759. The molecule has 2 rings (SSSR count). The molecule has 0 aliphatic heterocycles. The zero-order valence-corrected chi connectivity index (χ0v) is 14.9. The summed E-state index contributed by atoms with van der Waals surface area (Å²) in [5, 5.41) is 6.35. The molecule has 0 saturated heterocycles. The van der Waals surface area contributed by atoms with E-state index in [2.05, 4.69) is 5.32 Å². The van der Waals surface area contributed by atoms with Crippen LogP contribution in [0.4, 0.5) is 5.00 Å². The Bertz CT molecular complexity index is 721. The molecule has 24 heavy (non-hydrogen) atoms. The SMILES string of the molecule is CCOC(=O)c1csc(NC(=O)Cc2cccs2)c1C(=O)OCC. The Hall–Kier alpha value is -2.19. The molecule has 0 aromatic carbocycles. The van der Waals surface area contributed by atoms with Crippen molar-refractivity contribution in [2.75, 3.05) is 18.5 Å². The highest BCUT2D eigenvalue weighted by atomic mass is 32.1. The lowest BCUT2D eigenvalue weighted by Crippen LogP contribution is -2.18. The van der Waals surface area contributed by atoms with Crippen molar-refractivity contribution in [3.8, 4) is 0 Å². The first-order valence-electron chi connectivity index (χ1n) is 7.34. The molecular formula is C16H17NO5S2.